The molecule has 0 bridgehead atoms. The van der Waals surface area contributed by atoms with Crippen molar-refractivity contribution in [2.75, 3.05) is 11.9 Å². The van der Waals surface area contributed by atoms with Crippen LogP contribution in [0.25, 0.3) is 0 Å². The van der Waals surface area contributed by atoms with Gasteiger partial charge in [0.25, 0.3) is 0 Å². The molecule has 0 saturated carbocycles. The summed E-state index contributed by atoms with van der Waals surface area (Å²) in [6, 6.07) is 6.26. The molecule has 5 nitrogen and oxygen atoms in total. The van der Waals surface area contributed by atoms with Gasteiger partial charge in [0.15, 0.2) is 0 Å². The second kappa shape index (κ2) is 5.47. The summed E-state index contributed by atoms with van der Waals surface area (Å²) in [6.45, 7) is 1.44. The highest BCUT2D eigenvalue weighted by atomic mass is 127. The van der Waals surface area contributed by atoms with Crippen LogP contribution in [0.4, 0.5) is 15.9 Å². The first kappa shape index (κ1) is 14.1. The van der Waals surface area contributed by atoms with Crippen LogP contribution in [0.2, 0.25) is 0 Å². The van der Waals surface area contributed by atoms with Gasteiger partial charge in [-0.3, -0.25) is 0 Å². The third-order valence-corrected chi connectivity index (χ3v) is 3.85. The number of aromatic nitrogens is 1. The van der Waals surface area contributed by atoms with E-state index in [0.717, 1.165) is 15.9 Å². The minimum Gasteiger partial charge on any atom is -0.478 e. The van der Waals surface area contributed by atoms with Crippen LogP contribution in [-0.4, -0.2) is 22.2 Å². The lowest BCUT2D eigenvalue weighted by atomic mass is 10.2. The molecule has 3 rings (SSSR count). The van der Waals surface area contributed by atoms with E-state index >= 15 is 0 Å². The Morgan fingerprint density at radius 1 is 1.43 bits per heavy atom. The molecule has 0 radical (unpaired) electrons. The molecule has 0 aliphatic carbocycles. The van der Waals surface area contributed by atoms with Gasteiger partial charge >= 0.3 is 5.97 Å². The minimum absolute atomic E-state index is 0.0559. The second-order valence-electron chi connectivity index (χ2n) is 4.59. The Kier molecular flexibility index (Phi) is 3.66. The maximum absolute atomic E-state index is 13.9. The van der Waals surface area contributed by atoms with Crippen LogP contribution in [0.5, 0.6) is 0 Å². The fraction of sp³-hybridized carbons (Fsp3) is 0.143. The zero-order valence-corrected chi connectivity index (χ0v) is 13.0. The molecular formula is C14H11FIN3O2. The third-order valence-electron chi connectivity index (χ3n) is 3.18. The molecule has 1 aromatic heterocycles. The molecule has 1 aromatic carbocycles. The van der Waals surface area contributed by atoms with Crippen LogP contribution >= 0.6 is 22.6 Å². The number of benzene rings is 1. The lowest BCUT2D eigenvalue weighted by Crippen LogP contribution is -2.18. The SMILES string of the molecule is O=C(O)c1cn2c(cc1=Nc1ccc(I)cc1F)NCC2. The molecule has 1 aliphatic rings. The molecule has 2 heterocycles. The van der Waals surface area contributed by atoms with Crippen LogP contribution in [0.1, 0.15) is 10.4 Å². The second-order valence-corrected chi connectivity index (χ2v) is 5.84. The molecule has 1 aliphatic heterocycles. The van der Waals surface area contributed by atoms with Crippen molar-refractivity contribution in [3.8, 4) is 0 Å². The van der Waals surface area contributed by atoms with Crippen LogP contribution < -0.4 is 10.7 Å². The number of carboxylic acids is 1. The molecule has 0 unspecified atom stereocenters. The predicted molar refractivity (Wildman–Crippen MR) is 84.2 cm³/mol. The van der Waals surface area contributed by atoms with Gasteiger partial charge in [-0.2, -0.15) is 0 Å². The van der Waals surface area contributed by atoms with Crippen molar-refractivity contribution in [2.24, 2.45) is 4.99 Å². The van der Waals surface area contributed by atoms with Gasteiger partial charge in [-0.15, -0.1) is 0 Å². The Labute approximate surface area is 133 Å². The van der Waals surface area contributed by atoms with E-state index in [0.29, 0.717) is 6.54 Å². The highest BCUT2D eigenvalue weighted by molar-refractivity contribution is 14.1. The first-order valence-corrected chi connectivity index (χ1v) is 7.34. The Bertz CT molecular complexity index is 801. The molecular weight excluding hydrogens is 388 g/mol. The molecule has 0 fully saturated rings. The van der Waals surface area contributed by atoms with E-state index in [1.807, 2.05) is 27.2 Å². The maximum Gasteiger partial charge on any atom is 0.339 e. The topological polar surface area (TPSA) is 66.6 Å². The fourth-order valence-corrected chi connectivity index (χ4v) is 2.64. The number of aromatic carboxylic acids is 1. The largest absolute Gasteiger partial charge is 0.478 e. The number of fused-ring (bicyclic) bond motifs is 1. The maximum atomic E-state index is 13.9. The smallest absolute Gasteiger partial charge is 0.339 e. The molecule has 2 N–H and O–H groups in total. The van der Waals surface area contributed by atoms with E-state index in [9.17, 15) is 14.3 Å². The number of hydrogen-bond donors (Lipinski definition) is 2. The highest BCUT2D eigenvalue weighted by Gasteiger charge is 2.14. The van der Waals surface area contributed by atoms with Gasteiger partial charge in [-0.25, -0.2) is 14.2 Å². The first-order valence-electron chi connectivity index (χ1n) is 6.26. The van der Waals surface area contributed by atoms with Gasteiger partial charge in [0, 0.05) is 28.9 Å². The zero-order chi connectivity index (χ0) is 15.0. The van der Waals surface area contributed by atoms with Gasteiger partial charge < -0.3 is 15.0 Å². The lowest BCUT2D eigenvalue weighted by molar-refractivity contribution is 0.0694. The Morgan fingerprint density at radius 2 is 2.24 bits per heavy atom. The van der Waals surface area contributed by atoms with Crippen molar-refractivity contribution in [2.45, 2.75) is 6.54 Å². The number of anilines is 1. The summed E-state index contributed by atoms with van der Waals surface area (Å²) in [5.41, 5.74) is 0.182. The van der Waals surface area contributed by atoms with Crippen molar-refractivity contribution in [1.29, 1.82) is 0 Å². The number of rotatable bonds is 2. The average Bonchev–Trinajstić information content (AvgIpc) is 2.88. The van der Waals surface area contributed by atoms with Gasteiger partial charge in [0.05, 0.1) is 11.0 Å². The van der Waals surface area contributed by atoms with Crippen molar-refractivity contribution in [1.82, 2.24) is 4.57 Å². The molecule has 108 valence electrons. The van der Waals surface area contributed by atoms with Gasteiger partial charge in [0.1, 0.15) is 17.2 Å². The predicted octanol–water partition coefficient (Wildman–Crippen LogP) is 2.59. The summed E-state index contributed by atoms with van der Waals surface area (Å²) >= 11 is 2.01. The normalized spacial score (nSPS) is 13.9. The summed E-state index contributed by atoms with van der Waals surface area (Å²) in [7, 11) is 0. The van der Waals surface area contributed by atoms with Crippen LogP contribution in [-0.2, 0) is 6.54 Å². The van der Waals surface area contributed by atoms with E-state index in [-0.39, 0.29) is 16.6 Å². The Morgan fingerprint density at radius 3 is 2.95 bits per heavy atom. The molecule has 2 aromatic rings. The third kappa shape index (κ3) is 2.78. The summed E-state index contributed by atoms with van der Waals surface area (Å²) in [5, 5.41) is 12.7. The molecule has 0 saturated heterocycles. The molecule has 21 heavy (non-hydrogen) atoms. The summed E-state index contributed by atoms with van der Waals surface area (Å²) in [5.74, 6) is -0.772. The van der Waals surface area contributed by atoms with Crippen molar-refractivity contribution >= 4 is 40.1 Å². The number of carboxylic acid groups (broad SMARTS) is 1. The van der Waals surface area contributed by atoms with Crippen LogP contribution in [0.3, 0.4) is 0 Å². The van der Waals surface area contributed by atoms with Crippen molar-refractivity contribution in [3.05, 3.63) is 50.8 Å². The number of halogens is 2. The Hall–Kier alpha value is -1.90. The van der Waals surface area contributed by atoms with Gasteiger partial charge in [-0.1, -0.05) is 0 Å². The monoisotopic (exact) mass is 399 g/mol. The molecule has 0 spiro atoms. The van der Waals surface area contributed by atoms with E-state index in [2.05, 4.69) is 10.3 Å². The number of carbonyl (C=O) groups is 1. The standard InChI is InChI=1S/C14H11FIN3O2/c15-10-5-8(16)1-2-11(10)18-12-6-13-17-3-4-19(13)7-9(12)14(20)21/h1-2,5-7,17H,3-4H2,(H,20,21). The molecule has 0 atom stereocenters. The molecule has 0 amide bonds. The van der Waals surface area contributed by atoms with Gasteiger partial charge in [-0.05, 0) is 40.8 Å². The minimum atomic E-state index is -1.08. The van der Waals surface area contributed by atoms with E-state index in [1.54, 1.807) is 12.1 Å². The highest BCUT2D eigenvalue weighted by Crippen LogP contribution is 2.20. The summed E-state index contributed by atoms with van der Waals surface area (Å²) < 4.78 is 16.4. The first-order chi connectivity index (χ1) is 10.0. The van der Waals surface area contributed by atoms with Crippen molar-refractivity contribution in [3.63, 3.8) is 0 Å². The quantitative estimate of drug-likeness (QED) is 0.764. The molecule has 7 heteroatoms. The summed E-state index contributed by atoms with van der Waals surface area (Å²) in [4.78, 5) is 15.5. The number of pyridine rings is 1. The van der Waals surface area contributed by atoms with Crippen molar-refractivity contribution < 1.29 is 14.3 Å². The number of nitrogens with one attached hydrogen (secondary N) is 1. The van der Waals surface area contributed by atoms with E-state index in [1.165, 1.54) is 18.3 Å². The zero-order valence-electron chi connectivity index (χ0n) is 10.8. The van der Waals surface area contributed by atoms with E-state index < -0.39 is 11.8 Å². The fourth-order valence-electron chi connectivity index (χ4n) is 2.18. The van der Waals surface area contributed by atoms with E-state index in [4.69, 9.17) is 0 Å². The van der Waals surface area contributed by atoms with Crippen LogP contribution in [0.15, 0.2) is 35.5 Å². The summed E-state index contributed by atoms with van der Waals surface area (Å²) in [6.07, 6.45) is 1.53. The van der Waals surface area contributed by atoms with Gasteiger partial charge in [0.2, 0.25) is 0 Å². The average molecular weight is 399 g/mol. The Balaban J connectivity index is 2.21. The van der Waals surface area contributed by atoms with Crippen LogP contribution in [0, 0.1) is 9.39 Å². The number of nitrogens with zero attached hydrogens (tertiary/aromatic N) is 2. The lowest BCUT2D eigenvalue weighted by Gasteiger charge is -2.06. The number of hydrogen-bond acceptors (Lipinski definition) is 3.